The van der Waals surface area contributed by atoms with Gasteiger partial charge in [0.05, 0.1) is 5.54 Å². The van der Waals surface area contributed by atoms with Gasteiger partial charge in [-0.05, 0) is 33.6 Å². The van der Waals surface area contributed by atoms with Gasteiger partial charge in [-0.3, -0.25) is 4.99 Å². The molecule has 0 aromatic rings. The number of hydrogen-bond acceptors (Lipinski definition) is 3. The fourth-order valence-electron chi connectivity index (χ4n) is 1.04. The van der Waals surface area contributed by atoms with E-state index in [1.54, 1.807) is 6.40 Å². The molecule has 1 aliphatic heterocycles. The van der Waals surface area contributed by atoms with E-state index < -0.39 is 0 Å². The second kappa shape index (κ2) is 3.90. The van der Waals surface area contributed by atoms with Crippen LogP contribution in [0.15, 0.2) is 4.99 Å². The molecule has 1 fully saturated rings. The van der Waals surface area contributed by atoms with Gasteiger partial charge in [0.2, 0.25) is 0 Å². The van der Waals surface area contributed by atoms with Gasteiger partial charge in [-0.2, -0.15) is 0 Å². The molecule has 0 aliphatic carbocycles. The van der Waals surface area contributed by atoms with Gasteiger partial charge >= 0.3 is 0 Å². The topological polar surface area (TPSA) is 24.8 Å². The highest BCUT2D eigenvalue weighted by Crippen LogP contribution is 2.08. The van der Waals surface area contributed by atoms with Crippen molar-refractivity contribution in [3.05, 3.63) is 0 Å². The van der Waals surface area contributed by atoms with Crippen LogP contribution in [0.4, 0.5) is 0 Å². The zero-order valence-corrected chi connectivity index (χ0v) is 8.21. The molecule has 1 heterocycles. The zero-order chi connectivity index (χ0) is 9.03. The van der Waals surface area contributed by atoms with Crippen LogP contribution < -0.4 is 0 Å². The minimum atomic E-state index is -0.0281. The van der Waals surface area contributed by atoms with Crippen molar-refractivity contribution in [1.82, 2.24) is 5.06 Å². The van der Waals surface area contributed by atoms with Crippen molar-refractivity contribution in [1.29, 1.82) is 0 Å². The van der Waals surface area contributed by atoms with Crippen LogP contribution in [0.1, 0.15) is 33.6 Å². The molecular formula is C9H18N2O. The highest BCUT2D eigenvalue weighted by atomic mass is 16.7. The van der Waals surface area contributed by atoms with E-state index in [9.17, 15) is 0 Å². The van der Waals surface area contributed by atoms with Crippen LogP contribution in [0.2, 0.25) is 0 Å². The molecule has 1 saturated heterocycles. The maximum atomic E-state index is 5.32. The highest BCUT2D eigenvalue weighted by Gasteiger charge is 2.11. The molecule has 70 valence electrons. The van der Waals surface area contributed by atoms with Crippen LogP contribution in [-0.2, 0) is 4.84 Å². The SMILES string of the molecule is CC(C)(C)N=CON1CCCC1. The van der Waals surface area contributed by atoms with Gasteiger partial charge in [0.15, 0.2) is 6.40 Å². The summed E-state index contributed by atoms with van der Waals surface area (Å²) in [6, 6.07) is 0. The fraction of sp³-hybridized carbons (Fsp3) is 0.889. The maximum Gasteiger partial charge on any atom is 0.197 e. The molecule has 3 heteroatoms. The van der Waals surface area contributed by atoms with Crippen molar-refractivity contribution in [2.24, 2.45) is 4.99 Å². The van der Waals surface area contributed by atoms with Gasteiger partial charge in [0, 0.05) is 13.1 Å². The van der Waals surface area contributed by atoms with Gasteiger partial charge in [0.1, 0.15) is 0 Å². The summed E-state index contributed by atoms with van der Waals surface area (Å²) in [5, 5.41) is 1.95. The average Bonchev–Trinajstić information content (AvgIpc) is 2.36. The van der Waals surface area contributed by atoms with E-state index in [-0.39, 0.29) is 5.54 Å². The minimum absolute atomic E-state index is 0.0281. The Kier molecular flexibility index (Phi) is 3.09. The first-order chi connectivity index (χ1) is 5.58. The lowest BCUT2D eigenvalue weighted by Crippen LogP contribution is -2.20. The van der Waals surface area contributed by atoms with Crippen LogP contribution in [0.25, 0.3) is 0 Å². The number of rotatable bonds is 2. The Bertz CT molecular complexity index is 154. The second-order valence-corrected chi connectivity index (χ2v) is 4.15. The number of nitrogens with zero attached hydrogens (tertiary/aromatic N) is 2. The third kappa shape index (κ3) is 3.72. The second-order valence-electron chi connectivity index (χ2n) is 4.15. The van der Waals surface area contributed by atoms with Crippen molar-refractivity contribution >= 4 is 6.40 Å². The van der Waals surface area contributed by atoms with Gasteiger partial charge in [-0.1, -0.05) is 0 Å². The summed E-state index contributed by atoms with van der Waals surface area (Å²) >= 11 is 0. The molecule has 0 unspecified atom stereocenters. The van der Waals surface area contributed by atoms with E-state index in [1.807, 2.05) is 5.06 Å². The average molecular weight is 170 g/mol. The molecule has 0 bridgehead atoms. The Labute approximate surface area is 74.4 Å². The lowest BCUT2D eigenvalue weighted by atomic mass is 10.1. The molecular weight excluding hydrogens is 152 g/mol. The summed E-state index contributed by atoms with van der Waals surface area (Å²) in [7, 11) is 0. The van der Waals surface area contributed by atoms with Crippen molar-refractivity contribution in [2.75, 3.05) is 13.1 Å². The van der Waals surface area contributed by atoms with Crippen LogP contribution >= 0.6 is 0 Å². The van der Waals surface area contributed by atoms with Gasteiger partial charge in [-0.15, -0.1) is 5.06 Å². The summed E-state index contributed by atoms with van der Waals surface area (Å²) < 4.78 is 0. The summed E-state index contributed by atoms with van der Waals surface area (Å²) in [6.07, 6.45) is 4.04. The van der Waals surface area contributed by atoms with Crippen LogP contribution in [0.5, 0.6) is 0 Å². The summed E-state index contributed by atoms with van der Waals surface area (Å²) in [5.41, 5.74) is -0.0281. The Hall–Kier alpha value is -0.570. The fourth-order valence-corrected chi connectivity index (χ4v) is 1.04. The van der Waals surface area contributed by atoms with E-state index in [1.165, 1.54) is 12.8 Å². The van der Waals surface area contributed by atoms with Crippen molar-refractivity contribution in [3.8, 4) is 0 Å². The summed E-state index contributed by atoms with van der Waals surface area (Å²) in [5.74, 6) is 0. The normalized spacial score (nSPS) is 20.6. The number of aliphatic imine (C=N–C) groups is 1. The Balaban J connectivity index is 2.20. The first-order valence-electron chi connectivity index (χ1n) is 4.53. The molecule has 1 aliphatic rings. The van der Waals surface area contributed by atoms with Gasteiger partial charge < -0.3 is 4.84 Å². The van der Waals surface area contributed by atoms with Crippen LogP contribution in [0, 0.1) is 0 Å². The molecule has 1 rings (SSSR count). The van der Waals surface area contributed by atoms with E-state index in [4.69, 9.17) is 4.84 Å². The predicted octanol–water partition coefficient (Wildman–Crippen LogP) is 1.84. The Morgan fingerprint density at radius 1 is 1.25 bits per heavy atom. The third-order valence-electron chi connectivity index (χ3n) is 1.70. The van der Waals surface area contributed by atoms with Crippen molar-refractivity contribution in [2.45, 2.75) is 39.2 Å². The molecule has 0 aromatic carbocycles. The largest absolute Gasteiger partial charge is 0.394 e. The molecule has 0 N–H and O–H groups in total. The van der Waals surface area contributed by atoms with E-state index in [0.29, 0.717) is 0 Å². The van der Waals surface area contributed by atoms with Crippen LogP contribution in [0.3, 0.4) is 0 Å². The molecule has 0 radical (unpaired) electrons. The monoisotopic (exact) mass is 170 g/mol. The zero-order valence-electron chi connectivity index (χ0n) is 8.21. The standard InChI is InChI=1S/C9H18N2O/c1-9(2,3)10-8-12-11-6-4-5-7-11/h8H,4-7H2,1-3H3. The molecule has 0 spiro atoms. The van der Waals surface area contributed by atoms with Crippen LogP contribution in [-0.4, -0.2) is 30.1 Å². The summed E-state index contributed by atoms with van der Waals surface area (Å²) in [4.78, 5) is 9.55. The molecule has 0 aromatic heterocycles. The van der Waals surface area contributed by atoms with Crippen molar-refractivity contribution in [3.63, 3.8) is 0 Å². The smallest absolute Gasteiger partial charge is 0.197 e. The first kappa shape index (κ1) is 9.52. The quantitative estimate of drug-likeness (QED) is 0.466. The van der Waals surface area contributed by atoms with Gasteiger partial charge in [-0.25, -0.2) is 0 Å². The molecule has 3 nitrogen and oxygen atoms in total. The molecule has 0 amide bonds. The lowest BCUT2D eigenvalue weighted by Gasteiger charge is -2.14. The Morgan fingerprint density at radius 3 is 2.33 bits per heavy atom. The van der Waals surface area contributed by atoms with E-state index >= 15 is 0 Å². The minimum Gasteiger partial charge on any atom is -0.394 e. The molecule has 0 saturated carbocycles. The molecule has 12 heavy (non-hydrogen) atoms. The predicted molar refractivity (Wildman–Crippen MR) is 50.1 cm³/mol. The summed E-state index contributed by atoms with van der Waals surface area (Å²) in [6.45, 7) is 8.23. The maximum absolute atomic E-state index is 5.32. The molecule has 0 atom stereocenters. The first-order valence-corrected chi connectivity index (χ1v) is 4.53. The Morgan fingerprint density at radius 2 is 1.83 bits per heavy atom. The third-order valence-corrected chi connectivity index (χ3v) is 1.70. The number of hydroxylamine groups is 2. The van der Waals surface area contributed by atoms with Crippen molar-refractivity contribution < 1.29 is 4.84 Å². The lowest BCUT2D eigenvalue weighted by molar-refractivity contribution is -0.0429. The van der Waals surface area contributed by atoms with E-state index in [0.717, 1.165) is 13.1 Å². The highest BCUT2D eigenvalue weighted by molar-refractivity contribution is 5.46. The van der Waals surface area contributed by atoms with Gasteiger partial charge in [0.25, 0.3) is 0 Å². The van der Waals surface area contributed by atoms with E-state index in [2.05, 4.69) is 25.8 Å². The number of hydrogen-bond donors (Lipinski definition) is 0.